The Morgan fingerprint density at radius 2 is 1.40 bits per heavy atom. The molecular weight excluding hydrogens is 390 g/mol. The number of hydrogen-bond acceptors (Lipinski definition) is 5. The van der Waals surface area contributed by atoms with Gasteiger partial charge in [-0.3, -0.25) is 0 Å². The van der Waals surface area contributed by atoms with Crippen LogP contribution in [0.4, 0.5) is 30.9 Å². The second-order valence-electron chi connectivity index (χ2n) is 7.74. The number of benzene rings is 1. The molecule has 0 atom stereocenters. The lowest BCUT2D eigenvalue weighted by Gasteiger charge is -2.36. The number of carbonyl (C=O) groups is 1. The van der Waals surface area contributed by atoms with Crippen LogP contribution < -0.4 is 15.1 Å². The summed E-state index contributed by atoms with van der Waals surface area (Å²) in [5, 5.41) is 2.57. The summed E-state index contributed by atoms with van der Waals surface area (Å²) in [6.07, 6.45) is 3.63. The molecule has 0 unspecified atom stereocenters. The third kappa shape index (κ3) is 4.77. The topological polar surface area (TPSA) is 64.6 Å². The number of rotatable bonds is 3. The number of piperidine rings is 1. The number of urea groups is 1. The molecule has 0 aliphatic carbocycles. The first-order valence-electron chi connectivity index (χ1n) is 10.4. The Labute approximate surface area is 174 Å². The summed E-state index contributed by atoms with van der Waals surface area (Å²) in [5.74, 6) is 1.12. The fraction of sp³-hybridized carbons (Fsp3) is 0.476. The summed E-state index contributed by atoms with van der Waals surface area (Å²) in [5.41, 5.74) is 0.109. The highest BCUT2D eigenvalue weighted by Crippen LogP contribution is 2.23. The van der Waals surface area contributed by atoms with Gasteiger partial charge in [0.05, 0.1) is 0 Å². The second-order valence-corrected chi connectivity index (χ2v) is 7.74. The second kappa shape index (κ2) is 8.81. The van der Waals surface area contributed by atoms with Crippen LogP contribution in [-0.4, -0.2) is 60.2 Å². The first kappa shape index (κ1) is 20.3. The van der Waals surface area contributed by atoms with Gasteiger partial charge in [0.25, 0.3) is 0 Å². The Hall–Kier alpha value is -2.97. The van der Waals surface area contributed by atoms with Crippen LogP contribution in [0.1, 0.15) is 25.1 Å². The molecule has 1 aromatic heterocycles. The van der Waals surface area contributed by atoms with E-state index in [-0.39, 0.29) is 11.7 Å². The van der Waals surface area contributed by atoms with Gasteiger partial charge in [-0.25, -0.2) is 23.5 Å². The van der Waals surface area contributed by atoms with Gasteiger partial charge in [0, 0.05) is 57.1 Å². The average Bonchev–Trinajstić information content (AvgIpc) is 2.73. The number of anilines is 3. The summed E-state index contributed by atoms with van der Waals surface area (Å²) in [7, 11) is 0. The van der Waals surface area contributed by atoms with E-state index in [0.29, 0.717) is 26.2 Å². The van der Waals surface area contributed by atoms with E-state index in [9.17, 15) is 13.6 Å². The molecule has 2 aliphatic heterocycles. The number of aromatic nitrogens is 2. The highest BCUT2D eigenvalue weighted by molar-refractivity contribution is 5.89. The maximum atomic E-state index is 13.3. The minimum atomic E-state index is -0.723. The molecule has 0 bridgehead atoms. The molecule has 0 radical (unpaired) electrons. The van der Waals surface area contributed by atoms with Crippen LogP contribution in [0.15, 0.2) is 24.3 Å². The summed E-state index contributed by atoms with van der Waals surface area (Å²) in [6, 6.07) is 4.64. The largest absolute Gasteiger partial charge is 0.356 e. The molecule has 4 rings (SSSR count). The molecule has 2 aromatic rings. The molecule has 30 heavy (non-hydrogen) atoms. The lowest BCUT2D eigenvalue weighted by molar-refractivity contribution is 0.208. The summed E-state index contributed by atoms with van der Waals surface area (Å²) in [6.45, 7) is 6.17. The van der Waals surface area contributed by atoms with Gasteiger partial charge in [0.1, 0.15) is 29.1 Å². The smallest absolute Gasteiger partial charge is 0.321 e. The van der Waals surface area contributed by atoms with Crippen molar-refractivity contribution in [2.75, 3.05) is 54.4 Å². The van der Waals surface area contributed by atoms with Gasteiger partial charge < -0.3 is 20.0 Å². The summed E-state index contributed by atoms with van der Waals surface area (Å²) < 4.78 is 26.7. The quantitative estimate of drug-likeness (QED) is 0.831. The third-order valence-corrected chi connectivity index (χ3v) is 5.50. The maximum Gasteiger partial charge on any atom is 0.321 e. The fourth-order valence-corrected chi connectivity index (χ4v) is 3.95. The average molecular weight is 416 g/mol. The van der Waals surface area contributed by atoms with Crippen molar-refractivity contribution in [1.29, 1.82) is 0 Å². The molecular formula is C21H26F2N6O. The van der Waals surface area contributed by atoms with Gasteiger partial charge in [-0.2, -0.15) is 0 Å². The zero-order chi connectivity index (χ0) is 21.1. The van der Waals surface area contributed by atoms with Crippen molar-refractivity contribution in [2.45, 2.75) is 26.2 Å². The molecule has 2 amide bonds. The van der Waals surface area contributed by atoms with Crippen LogP contribution in [0.25, 0.3) is 0 Å². The van der Waals surface area contributed by atoms with Crippen LogP contribution in [0.3, 0.4) is 0 Å². The zero-order valence-electron chi connectivity index (χ0n) is 17.1. The van der Waals surface area contributed by atoms with Crippen molar-refractivity contribution in [2.24, 2.45) is 0 Å². The van der Waals surface area contributed by atoms with E-state index < -0.39 is 11.6 Å². The number of nitrogens with zero attached hydrogens (tertiary/aromatic N) is 5. The maximum absolute atomic E-state index is 13.3. The Bertz CT molecular complexity index is 890. The number of carbonyl (C=O) groups excluding carboxylic acids is 1. The number of nitrogens with one attached hydrogen (secondary N) is 1. The molecule has 0 spiro atoms. The van der Waals surface area contributed by atoms with Crippen LogP contribution in [0.2, 0.25) is 0 Å². The predicted molar refractivity (Wildman–Crippen MR) is 112 cm³/mol. The summed E-state index contributed by atoms with van der Waals surface area (Å²) >= 11 is 0. The van der Waals surface area contributed by atoms with Gasteiger partial charge in [-0.1, -0.05) is 0 Å². The number of halogens is 2. The van der Waals surface area contributed by atoms with Crippen LogP contribution in [-0.2, 0) is 0 Å². The molecule has 2 fully saturated rings. The highest BCUT2D eigenvalue weighted by atomic mass is 19.1. The first-order valence-corrected chi connectivity index (χ1v) is 10.4. The minimum absolute atomic E-state index is 0.109. The molecule has 7 nitrogen and oxygen atoms in total. The van der Waals surface area contributed by atoms with Crippen LogP contribution in [0, 0.1) is 18.6 Å². The summed E-state index contributed by atoms with van der Waals surface area (Å²) in [4.78, 5) is 27.8. The van der Waals surface area contributed by atoms with Crippen LogP contribution in [0.5, 0.6) is 0 Å². The molecule has 1 N–H and O–H groups in total. The van der Waals surface area contributed by atoms with Crippen molar-refractivity contribution in [3.05, 3.63) is 41.7 Å². The monoisotopic (exact) mass is 416 g/mol. The van der Waals surface area contributed by atoms with Gasteiger partial charge in [-0.05, 0) is 38.3 Å². The number of piperazine rings is 1. The highest BCUT2D eigenvalue weighted by Gasteiger charge is 2.23. The van der Waals surface area contributed by atoms with Crippen molar-refractivity contribution >= 4 is 23.4 Å². The van der Waals surface area contributed by atoms with Crippen molar-refractivity contribution in [1.82, 2.24) is 14.9 Å². The van der Waals surface area contributed by atoms with Crippen molar-refractivity contribution in [3.63, 3.8) is 0 Å². The number of aryl methyl sites for hydroxylation is 1. The number of hydrogen-bond donors (Lipinski definition) is 1. The molecule has 2 aliphatic rings. The molecule has 2 saturated heterocycles. The Morgan fingerprint density at radius 3 is 2.00 bits per heavy atom. The van der Waals surface area contributed by atoms with E-state index in [1.807, 2.05) is 13.0 Å². The molecule has 0 saturated carbocycles. The lowest BCUT2D eigenvalue weighted by Crippen LogP contribution is -2.50. The van der Waals surface area contributed by atoms with Crippen molar-refractivity contribution < 1.29 is 13.6 Å². The molecule has 160 valence electrons. The Balaban J connectivity index is 1.38. The van der Waals surface area contributed by atoms with E-state index in [4.69, 9.17) is 0 Å². The molecule has 3 heterocycles. The van der Waals surface area contributed by atoms with Gasteiger partial charge in [0.2, 0.25) is 0 Å². The van der Waals surface area contributed by atoms with Gasteiger partial charge in [-0.15, -0.1) is 0 Å². The SMILES string of the molecule is Cc1nc(N2CCCCC2)cc(N2CCN(C(=O)Nc3cc(F)cc(F)c3)CC2)n1. The third-order valence-electron chi connectivity index (χ3n) is 5.50. The van der Waals surface area contributed by atoms with Crippen molar-refractivity contribution in [3.8, 4) is 0 Å². The zero-order valence-corrected chi connectivity index (χ0v) is 17.1. The van der Waals surface area contributed by atoms with E-state index >= 15 is 0 Å². The molecule has 1 aromatic carbocycles. The van der Waals surface area contributed by atoms with E-state index in [1.54, 1.807) is 4.90 Å². The van der Waals surface area contributed by atoms with E-state index in [2.05, 4.69) is 25.1 Å². The Morgan fingerprint density at radius 1 is 0.833 bits per heavy atom. The fourth-order valence-electron chi connectivity index (χ4n) is 3.95. The van der Waals surface area contributed by atoms with Gasteiger partial charge >= 0.3 is 6.03 Å². The molecule has 9 heteroatoms. The van der Waals surface area contributed by atoms with E-state index in [0.717, 1.165) is 48.7 Å². The van der Waals surface area contributed by atoms with E-state index in [1.165, 1.54) is 19.3 Å². The minimum Gasteiger partial charge on any atom is -0.356 e. The predicted octanol–water partition coefficient (Wildman–Crippen LogP) is 3.41. The van der Waals surface area contributed by atoms with Gasteiger partial charge in [0.15, 0.2) is 0 Å². The first-order chi connectivity index (χ1) is 14.5. The normalized spacial score (nSPS) is 17.2. The Kier molecular flexibility index (Phi) is 5.96. The lowest BCUT2D eigenvalue weighted by atomic mass is 10.1. The van der Waals surface area contributed by atoms with Crippen LogP contribution >= 0.6 is 0 Å². The number of amides is 2. The standard InChI is InChI=1S/C21H26F2N6O/c1-15-24-19(27-5-3-2-4-6-27)14-20(25-15)28-7-9-29(10-8-28)21(30)26-18-12-16(22)11-17(23)13-18/h11-14H,2-10H2,1H3,(H,26,30).